The third-order valence-corrected chi connectivity index (χ3v) is 9.09. The van der Waals surface area contributed by atoms with Crippen LogP contribution in [-0.4, -0.2) is 208 Å². The number of nitrogens with one attached hydrogen (secondary N) is 2. The van der Waals surface area contributed by atoms with Crippen molar-refractivity contribution in [3.8, 4) is 0 Å². The minimum Gasteiger partial charge on any atom is -0.394 e. The topological polar surface area (TPSA) is 337 Å². The molecule has 0 aromatic carbocycles. The lowest BCUT2D eigenvalue weighted by Crippen LogP contribution is -2.68. The van der Waals surface area contributed by atoms with E-state index in [2.05, 4.69) is 15.6 Å². The normalized spacial score (nSPS) is 40.4. The van der Waals surface area contributed by atoms with Crippen LogP contribution < -0.4 is 10.6 Å². The molecule has 286 valence electrons. The summed E-state index contributed by atoms with van der Waals surface area (Å²) in [5, 5.41) is 141. The molecular formula is C30H49N3O17. The molecule has 1 aliphatic carbocycles. The molecule has 1 aromatic heterocycles. The summed E-state index contributed by atoms with van der Waals surface area (Å²) in [6.45, 7) is -1.24. The Hall–Kier alpha value is -2.03. The summed E-state index contributed by atoms with van der Waals surface area (Å²) >= 11 is 0. The van der Waals surface area contributed by atoms with Crippen LogP contribution in [-0.2, 0) is 18.9 Å². The Morgan fingerprint density at radius 1 is 0.840 bits per heavy atom. The molecule has 0 saturated carbocycles. The number of aliphatic hydroxyl groups is 13. The second-order valence-corrected chi connectivity index (χ2v) is 12.5. The Morgan fingerprint density at radius 2 is 1.54 bits per heavy atom. The van der Waals surface area contributed by atoms with Crippen LogP contribution in [0.4, 0.5) is 5.82 Å². The Labute approximate surface area is 286 Å². The molecule has 20 nitrogen and oxygen atoms in total. The highest BCUT2D eigenvalue weighted by atomic mass is 16.7. The first kappa shape index (κ1) is 40.7. The minimum atomic E-state index is -1.99. The van der Waals surface area contributed by atoms with Gasteiger partial charge in [0.25, 0.3) is 0 Å². The van der Waals surface area contributed by atoms with Crippen LogP contribution in [0.1, 0.15) is 6.92 Å². The van der Waals surface area contributed by atoms with Gasteiger partial charge in [-0.05, 0) is 24.6 Å². The number of aromatic nitrogens is 1. The summed E-state index contributed by atoms with van der Waals surface area (Å²) in [6, 6.07) is 2.74. The molecule has 4 rings (SSSR count). The van der Waals surface area contributed by atoms with Crippen molar-refractivity contribution in [2.45, 2.75) is 117 Å². The molecular weight excluding hydrogens is 674 g/mol. The van der Waals surface area contributed by atoms with E-state index >= 15 is 0 Å². The van der Waals surface area contributed by atoms with E-state index in [0.29, 0.717) is 5.82 Å². The van der Waals surface area contributed by atoms with Crippen molar-refractivity contribution in [2.75, 3.05) is 31.7 Å². The lowest BCUT2D eigenvalue weighted by molar-refractivity contribution is -0.361. The summed E-state index contributed by atoms with van der Waals surface area (Å²) in [5.74, 6) is 0.364. The van der Waals surface area contributed by atoms with Crippen molar-refractivity contribution in [2.24, 2.45) is 0 Å². The van der Waals surface area contributed by atoms with E-state index in [9.17, 15) is 66.4 Å². The zero-order valence-electron chi connectivity index (χ0n) is 27.0. The fraction of sp³-hybridized carbons (Fsp3) is 0.767. The number of aliphatic hydroxyl groups excluding tert-OH is 13. The quantitative estimate of drug-likeness (QED) is 0.0747. The SMILES string of the molecule is C[C@H]1O[C@H](O[C@H]2[C@H](O)[C@@H](O)[C@@H](O[C@@H]([C@@H](O)[C@@H](O)CNc3ccccn3)[C@H](O)CO)O[C@@H]2CO)[C@H](O)[C@@H](O)[C@@H]1N[C@H]1C=C(CO)[C@@H](O)[C@H](O)[C@@H]1O. The molecule has 0 unspecified atom stereocenters. The second-order valence-electron chi connectivity index (χ2n) is 12.5. The van der Waals surface area contributed by atoms with Crippen molar-refractivity contribution < 1.29 is 85.3 Å². The van der Waals surface area contributed by atoms with E-state index in [-0.39, 0.29) is 12.1 Å². The van der Waals surface area contributed by atoms with Gasteiger partial charge >= 0.3 is 0 Å². The molecule has 15 N–H and O–H groups in total. The first-order chi connectivity index (χ1) is 23.7. The fourth-order valence-electron chi connectivity index (χ4n) is 6.10. The monoisotopic (exact) mass is 723 g/mol. The highest BCUT2D eigenvalue weighted by Crippen LogP contribution is 2.31. The van der Waals surface area contributed by atoms with Crippen molar-refractivity contribution in [1.29, 1.82) is 0 Å². The summed E-state index contributed by atoms with van der Waals surface area (Å²) in [5.41, 5.74) is 0.0172. The number of rotatable bonds is 15. The van der Waals surface area contributed by atoms with E-state index in [1.54, 1.807) is 18.2 Å². The van der Waals surface area contributed by atoms with Crippen LogP contribution in [0, 0.1) is 0 Å². The van der Waals surface area contributed by atoms with Gasteiger partial charge in [-0.15, -0.1) is 0 Å². The molecule has 3 heterocycles. The average molecular weight is 724 g/mol. The van der Waals surface area contributed by atoms with Crippen LogP contribution in [0.3, 0.4) is 0 Å². The Kier molecular flexibility index (Phi) is 14.8. The Bertz CT molecular complexity index is 1200. The third kappa shape index (κ3) is 9.12. The zero-order chi connectivity index (χ0) is 36.9. The van der Waals surface area contributed by atoms with Gasteiger partial charge in [0.1, 0.15) is 79.1 Å². The van der Waals surface area contributed by atoms with E-state index in [4.69, 9.17) is 18.9 Å². The number of pyridine rings is 1. The van der Waals surface area contributed by atoms with Crippen molar-refractivity contribution in [3.05, 3.63) is 36.0 Å². The average Bonchev–Trinajstić information content (AvgIpc) is 3.12. The van der Waals surface area contributed by atoms with E-state index in [0.717, 1.165) is 0 Å². The molecule has 0 radical (unpaired) electrons. The molecule has 18 atom stereocenters. The molecule has 3 aliphatic rings. The standard InChI is InChI=1S/C30H49N3O17/c1-11-18(33-13-6-12(8-34)19(39)23(43)20(13)40)22(42)25(45)29(47-11)50-28-16(10-36)48-30(26(46)24(28)44)49-27(15(38)9-35)21(41)14(37)7-32-17-4-2-3-5-31-17/h2-6,11,13-16,18-30,33-46H,7-10H2,1H3,(H,31,32)/t11-,13+,14+,15-,16-,18-,19-,20-,21+,22+,23+,24-,25-,26-,27-,28-,29-,30-/m1/s1. The van der Waals surface area contributed by atoms with Gasteiger partial charge in [0.2, 0.25) is 0 Å². The Morgan fingerprint density at radius 3 is 2.16 bits per heavy atom. The largest absolute Gasteiger partial charge is 0.394 e. The van der Waals surface area contributed by atoms with Gasteiger partial charge in [-0.2, -0.15) is 0 Å². The summed E-state index contributed by atoms with van der Waals surface area (Å²) in [4.78, 5) is 4.02. The van der Waals surface area contributed by atoms with Crippen LogP contribution in [0.2, 0.25) is 0 Å². The van der Waals surface area contributed by atoms with Crippen molar-refractivity contribution in [1.82, 2.24) is 10.3 Å². The smallest absolute Gasteiger partial charge is 0.187 e. The first-order valence-corrected chi connectivity index (χ1v) is 16.1. The van der Waals surface area contributed by atoms with Crippen LogP contribution in [0.5, 0.6) is 0 Å². The Balaban J connectivity index is 1.40. The predicted octanol–water partition coefficient (Wildman–Crippen LogP) is -7.41. The summed E-state index contributed by atoms with van der Waals surface area (Å²) in [7, 11) is 0. The molecule has 0 bridgehead atoms. The molecule has 20 heteroatoms. The molecule has 1 aromatic rings. The third-order valence-electron chi connectivity index (χ3n) is 9.09. The molecule has 0 amide bonds. The van der Waals surface area contributed by atoms with Gasteiger partial charge in [-0.1, -0.05) is 12.1 Å². The van der Waals surface area contributed by atoms with Gasteiger partial charge in [0.05, 0.1) is 44.1 Å². The first-order valence-electron chi connectivity index (χ1n) is 16.1. The lowest BCUT2D eigenvalue weighted by Gasteiger charge is -2.48. The number of ether oxygens (including phenoxy) is 4. The highest BCUT2D eigenvalue weighted by molar-refractivity contribution is 5.33. The molecule has 2 aliphatic heterocycles. The highest BCUT2D eigenvalue weighted by Gasteiger charge is 2.52. The maximum absolute atomic E-state index is 11.0. The number of hydrogen-bond donors (Lipinski definition) is 15. The van der Waals surface area contributed by atoms with Gasteiger partial charge in [0, 0.05) is 12.7 Å². The minimum absolute atomic E-state index is 0.0172. The molecule has 0 spiro atoms. The lowest BCUT2D eigenvalue weighted by atomic mass is 9.86. The van der Waals surface area contributed by atoms with Crippen LogP contribution >= 0.6 is 0 Å². The zero-order valence-corrected chi connectivity index (χ0v) is 27.0. The summed E-state index contributed by atoms with van der Waals surface area (Å²) in [6.07, 6.45) is -24.1. The molecule has 2 saturated heterocycles. The van der Waals surface area contributed by atoms with Gasteiger partial charge in [-0.3, -0.25) is 0 Å². The van der Waals surface area contributed by atoms with E-state index in [1.807, 2.05) is 0 Å². The maximum atomic E-state index is 11.0. The van der Waals surface area contributed by atoms with Crippen LogP contribution in [0.25, 0.3) is 0 Å². The molecule has 2 fully saturated rings. The second kappa shape index (κ2) is 18.1. The number of hydrogen-bond acceptors (Lipinski definition) is 20. The van der Waals surface area contributed by atoms with Gasteiger partial charge in [-0.25, -0.2) is 4.98 Å². The molecule has 50 heavy (non-hydrogen) atoms. The fourth-order valence-corrected chi connectivity index (χ4v) is 6.10. The number of anilines is 1. The van der Waals surface area contributed by atoms with Crippen molar-refractivity contribution in [3.63, 3.8) is 0 Å². The maximum Gasteiger partial charge on any atom is 0.187 e. The van der Waals surface area contributed by atoms with Crippen molar-refractivity contribution >= 4 is 5.82 Å². The van der Waals surface area contributed by atoms with Gasteiger partial charge < -0.3 is 96.0 Å². The summed E-state index contributed by atoms with van der Waals surface area (Å²) < 4.78 is 22.6. The number of nitrogens with zero attached hydrogens (tertiary/aromatic N) is 1. The van der Waals surface area contributed by atoms with E-state index in [1.165, 1.54) is 19.2 Å². The van der Waals surface area contributed by atoms with E-state index < -0.39 is 130 Å². The predicted molar refractivity (Wildman–Crippen MR) is 166 cm³/mol. The van der Waals surface area contributed by atoms with Gasteiger partial charge in [0.15, 0.2) is 12.6 Å². The van der Waals surface area contributed by atoms with Crippen LogP contribution in [0.15, 0.2) is 36.0 Å².